The van der Waals surface area contributed by atoms with Crippen molar-refractivity contribution >= 4 is 49.9 Å². The Kier molecular flexibility index (Phi) is 10.1. The van der Waals surface area contributed by atoms with Gasteiger partial charge in [-0.1, -0.05) is 68.6 Å². The van der Waals surface area contributed by atoms with Crippen LogP contribution in [-0.2, 0) is 20.9 Å². The minimum Gasteiger partial charge on any atom is -0.488 e. The predicted molar refractivity (Wildman–Crippen MR) is 185 cm³/mol. The second kappa shape index (κ2) is 14.2. The molecule has 0 aliphatic carbocycles. The predicted octanol–water partition coefficient (Wildman–Crippen LogP) is 8.78. The van der Waals surface area contributed by atoms with Crippen molar-refractivity contribution < 1.29 is 19.1 Å². The molecule has 2 atom stereocenters. The van der Waals surface area contributed by atoms with Crippen LogP contribution >= 0.6 is 0 Å². The Hall–Kier alpha value is -4.36. The summed E-state index contributed by atoms with van der Waals surface area (Å²) in [4.78, 5) is 17.2. The number of ether oxygens (including phenoxy) is 2. The number of fused-ring (bicyclic) bond motifs is 5. The summed E-state index contributed by atoms with van der Waals surface area (Å²) in [5.41, 5.74) is 13.0. The van der Waals surface area contributed by atoms with Gasteiger partial charge in [-0.2, -0.15) is 0 Å². The molecule has 1 heterocycles. The van der Waals surface area contributed by atoms with Crippen LogP contribution in [0.2, 0.25) is 0 Å². The molecule has 0 amide bonds. The third-order valence-corrected chi connectivity index (χ3v) is 8.61. The maximum atomic E-state index is 11.9. The first-order valence-corrected chi connectivity index (χ1v) is 16.0. The van der Waals surface area contributed by atoms with Gasteiger partial charge in [-0.25, -0.2) is 4.79 Å². The number of benzene rings is 4. The van der Waals surface area contributed by atoms with E-state index in [-0.39, 0.29) is 6.10 Å². The number of hydrogen-bond donors (Lipinski definition) is 1. The summed E-state index contributed by atoms with van der Waals surface area (Å²) in [7, 11) is 1.66. The number of carbonyl (C=O) groups is 1. The number of rotatable bonds is 13. The first kappa shape index (κ1) is 32.0. The number of aromatic nitrogens is 1. The van der Waals surface area contributed by atoms with Gasteiger partial charge in [0.1, 0.15) is 17.6 Å². The number of hydrogen-bond acceptors (Lipinski definition) is 6. The molecule has 0 bridgehead atoms. The normalized spacial score (nSPS) is 13.4. The van der Waals surface area contributed by atoms with Crippen LogP contribution in [0.15, 0.2) is 71.9 Å². The molecule has 0 aliphatic rings. The molecular weight excluding hydrogens is 562 g/mol. The Bertz CT molecular complexity index is 1860. The Morgan fingerprint density at radius 1 is 0.978 bits per heavy atom. The van der Waals surface area contributed by atoms with Gasteiger partial charge in [0.05, 0.1) is 12.1 Å². The van der Waals surface area contributed by atoms with E-state index in [0.29, 0.717) is 18.2 Å². The standard InChI is InChI=1S/C38H45N3O4/c1-7-9-12-27(8-2)22-41-36-18-15-28(20-33(36)34-21-35(39)31-13-10-11-14-32(31)38(34)41)37(40-45-26(5)42)30-17-16-29(19-24(30)3)44-25(4)23-43-6/h10-11,13-21,25,27H,7-9,12,22-23,39H2,1-6H3/b40-37+. The lowest BCUT2D eigenvalue weighted by molar-refractivity contribution is -0.140. The summed E-state index contributed by atoms with van der Waals surface area (Å²) in [6, 6.07) is 22.8. The SMILES string of the molecule is CCCCC(CC)Cn1c2ccc(/C(=N\OC(C)=O)c3ccc(OC(C)COC)cc3C)cc2c2cc(N)c3ccccc3c21. The fourth-order valence-corrected chi connectivity index (χ4v) is 6.35. The molecule has 5 aromatic rings. The van der Waals surface area contributed by atoms with Crippen LogP contribution < -0.4 is 10.5 Å². The van der Waals surface area contributed by atoms with Gasteiger partial charge in [0.2, 0.25) is 0 Å². The van der Waals surface area contributed by atoms with E-state index in [1.165, 1.54) is 31.7 Å². The highest BCUT2D eigenvalue weighted by Gasteiger charge is 2.21. The van der Waals surface area contributed by atoms with E-state index < -0.39 is 5.97 Å². The number of oxime groups is 1. The van der Waals surface area contributed by atoms with Crippen LogP contribution in [0.3, 0.4) is 0 Å². The van der Waals surface area contributed by atoms with Crippen molar-refractivity contribution in [2.24, 2.45) is 11.1 Å². The number of nitrogen functional groups attached to an aromatic ring is 1. The molecule has 236 valence electrons. The highest BCUT2D eigenvalue weighted by molar-refractivity contribution is 6.22. The summed E-state index contributed by atoms with van der Waals surface area (Å²) >= 11 is 0. The quantitative estimate of drug-likeness (QED) is 0.0626. The van der Waals surface area contributed by atoms with Crippen LogP contribution in [0.5, 0.6) is 5.75 Å². The molecule has 2 N–H and O–H groups in total. The largest absolute Gasteiger partial charge is 0.488 e. The number of carbonyl (C=O) groups excluding carboxylic acids is 1. The third-order valence-electron chi connectivity index (χ3n) is 8.61. The van der Waals surface area contributed by atoms with E-state index in [1.54, 1.807) is 7.11 Å². The summed E-state index contributed by atoms with van der Waals surface area (Å²) in [5, 5.41) is 8.78. The molecule has 0 spiro atoms. The van der Waals surface area contributed by atoms with Crippen LogP contribution in [0.1, 0.15) is 70.1 Å². The zero-order chi connectivity index (χ0) is 32.1. The number of methoxy groups -OCH3 is 1. The molecule has 4 aromatic carbocycles. The highest BCUT2D eigenvalue weighted by atomic mass is 16.7. The van der Waals surface area contributed by atoms with Gasteiger partial charge in [0.25, 0.3) is 0 Å². The van der Waals surface area contributed by atoms with Crippen LogP contribution in [0, 0.1) is 12.8 Å². The van der Waals surface area contributed by atoms with Gasteiger partial charge in [0, 0.05) is 64.5 Å². The second-order valence-corrected chi connectivity index (χ2v) is 12.0. The number of nitrogens with two attached hydrogens (primary N) is 1. The smallest absolute Gasteiger partial charge is 0.332 e. The lowest BCUT2D eigenvalue weighted by Gasteiger charge is -2.18. The van der Waals surface area contributed by atoms with Crippen molar-refractivity contribution in [3.8, 4) is 5.75 Å². The molecule has 0 fully saturated rings. The zero-order valence-electron chi connectivity index (χ0n) is 27.4. The summed E-state index contributed by atoms with van der Waals surface area (Å²) < 4.78 is 13.7. The maximum Gasteiger partial charge on any atom is 0.332 e. The lowest BCUT2D eigenvalue weighted by Crippen LogP contribution is -2.18. The monoisotopic (exact) mass is 607 g/mol. The Morgan fingerprint density at radius 2 is 1.76 bits per heavy atom. The van der Waals surface area contributed by atoms with Crippen LogP contribution in [-0.4, -0.2) is 36.1 Å². The van der Waals surface area contributed by atoms with Crippen molar-refractivity contribution in [2.45, 2.75) is 73.0 Å². The molecule has 0 radical (unpaired) electrons. The molecule has 5 rings (SSSR count). The van der Waals surface area contributed by atoms with Crippen molar-refractivity contribution in [1.82, 2.24) is 4.57 Å². The van der Waals surface area contributed by atoms with Crippen LogP contribution in [0.4, 0.5) is 5.69 Å². The van der Waals surface area contributed by atoms with E-state index in [0.717, 1.165) is 68.2 Å². The number of nitrogens with zero attached hydrogens (tertiary/aromatic N) is 2. The van der Waals surface area contributed by atoms with Gasteiger partial charge >= 0.3 is 5.97 Å². The molecule has 0 saturated carbocycles. The first-order valence-electron chi connectivity index (χ1n) is 16.0. The van der Waals surface area contributed by atoms with E-state index in [2.05, 4.69) is 66.0 Å². The van der Waals surface area contributed by atoms with Gasteiger partial charge < -0.3 is 24.6 Å². The fourth-order valence-electron chi connectivity index (χ4n) is 6.35. The molecule has 7 heteroatoms. The topological polar surface area (TPSA) is 88.1 Å². The minimum absolute atomic E-state index is 0.0908. The Balaban J connectivity index is 1.69. The molecule has 45 heavy (non-hydrogen) atoms. The fraction of sp³-hybridized carbons (Fsp3) is 0.368. The van der Waals surface area contributed by atoms with Gasteiger partial charge in [0.15, 0.2) is 0 Å². The molecule has 2 unspecified atom stereocenters. The second-order valence-electron chi connectivity index (χ2n) is 12.0. The van der Waals surface area contributed by atoms with E-state index in [1.807, 2.05) is 38.1 Å². The Labute approximate surface area is 265 Å². The average molecular weight is 608 g/mol. The first-order chi connectivity index (χ1) is 21.7. The van der Waals surface area contributed by atoms with Crippen molar-refractivity contribution in [2.75, 3.05) is 19.5 Å². The van der Waals surface area contributed by atoms with E-state index >= 15 is 0 Å². The number of aryl methyl sites for hydroxylation is 1. The molecule has 1 aromatic heterocycles. The van der Waals surface area contributed by atoms with Gasteiger partial charge in [-0.05, 0) is 68.1 Å². The summed E-state index contributed by atoms with van der Waals surface area (Å²) in [5.74, 6) is 0.825. The summed E-state index contributed by atoms with van der Waals surface area (Å²) in [6.07, 6.45) is 4.64. The molecule has 0 saturated heterocycles. The summed E-state index contributed by atoms with van der Waals surface area (Å²) in [6.45, 7) is 11.3. The van der Waals surface area contributed by atoms with Crippen molar-refractivity contribution in [3.63, 3.8) is 0 Å². The van der Waals surface area contributed by atoms with E-state index in [9.17, 15) is 4.79 Å². The number of anilines is 1. The lowest BCUT2D eigenvalue weighted by atomic mass is 9.96. The zero-order valence-corrected chi connectivity index (χ0v) is 27.4. The van der Waals surface area contributed by atoms with Crippen LogP contribution in [0.25, 0.3) is 32.6 Å². The van der Waals surface area contributed by atoms with Crippen molar-refractivity contribution in [1.29, 1.82) is 0 Å². The average Bonchev–Trinajstić information content (AvgIpc) is 3.32. The highest BCUT2D eigenvalue weighted by Crippen LogP contribution is 2.39. The molecule has 0 aliphatic heterocycles. The molecule has 7 nitrogen and oxygen atoms in total. The maximum absolute atomic E-state index is 11.9. The van der Waals surface area contributed by atoms with Gasteiger partial charge in [-0.3, -0.25) is 0 Å². The van der Waals surface area contributed by atoms with E-state index in [4.69, 9.17) is 20.0 Å². The molecular formula is C38H45N3O4. The third kappa shape index (κ3) is 6.84. The number of unbranched alkanes of at least 4 members (excludes halogenated alkanes) is 1. The van der Waals surface area contributed by atoms with Crippen molar-refractivity contribution in [3.05, 3.63) is 83.4 Å². The Morgan fingerprint density at radius 3 is 2.44 bits per heavy atom. The minimum atomic E-state index is -0.479. The van der Waals surface area contributed by atoms with Gasteiger partial charge in [-0.15, -0.1) is 0 Å².